The topological polar surface area (TPSA) is 77.2 Å². The Morgan fingerprint density at radius 2 is 2.21 bits per heavy atom. The van der Waals surface area contributed by atoms with Crippen molar-refractivity contribution in [3.05, 3.63) is 23.4 Å². The molecule has 0 spiro atoms. The number of carbonyl (C=O) groups excluding carboxylic acids is 1. The fraction of sp³-hybridized carbons (Fsp3) is 0.455. The van der Waals surface area contributed by atoms with Gasteiger partial charge in [0, 0.05) is 12.6 Å². The number of halogens is 3. The summed E-state index contributed by atoms with van der Waals surface area (Å²) in [5.41, 5.74) is 5.30. The molecule has 1 amide bonds. The second kappa shape index (κ2) is 12.3. The molecule has 0 saturated heterocycles. The summed E-state index contributed by atoms with van der Waals surface area (Å²) in [6.45, 7) is 1.29. The normalized spacial score (nSPS) is 8.95. The minimum atomic E-state index is -0.0221. The molecule has 0 aromatic carbocycles. The van der Waals surface area contributed by atoms with Gasteiger partial charge in [-0.1, -0.05) is 11.6 Å². The summed E-state index contributed by atoms with van der Waals surface area (Å²) in [6, 6.07) is 3.42. The predicted molar refractivity (Wildman–Crippen MR) is 80.5 cm³/mol. The number of aromatic nitrogens is 1. The number of hydrogen-bond donors (Lipinski definition) is 2. The summed E-state index contributed by atoms with van der Waals surface area (Å²) in [6.07, 6.45) is 2.74. The number of amides is 1. The summed E-state index contributed by atoms with van der Waals surface area (Å²) in [5.74, 6) is 0.358. The standard InChI is InChI=1S/C11H16ClN3O2.2ClH/c12-9-3-2-6-15-11(9)17-8-7-14-10(16)4-1-5-13;;/h2-3,6H,1,4-5,7-8,13H2,(H,14,16);2*1H. The summed E-state index contributed by atoms with van der Waals surface area (Å²) >= 11 is 5.85. The van der Waals surface area contributed by atoms with E-state index in [0.717, 1.165) is 0 Å². The first-order chi connectivity index (χ1) is 8.24. The Balaban J connectivity index is 0. The Morgan fingerprint density at radius 1 is 1.47 bits per heavy atom. The zero-order chi connectivity index (χ0) is 12.5. The van der Waals surface area contributed by atoms with Crippen molar-refractivity contribution >= 4 is 42.3 Å². The van der Waals surface area contributed by atoms with Crippen molar-refractivity contribution in [2.75, 3.05) is 19.7 Å². The van der Waals surface area contributed by atoms with E-state index in [-0.39, 0.29) is 30.7 Å². The minimum Gasteiger partial charge on any atom is -0.475 e. The maximum Gasteiger partial charge on any atom is 0.232 e. The molecule has 8 heteroatoms. The molecule has 1 heterocycles. The van der Waals surface area contributed by atoms with Gasteiger partial charge in [-0.15, -0.1) is 24.8 Å². The lowest BCUT2D eigenvalue weighted by molar-refractivity contribution is -0.121. The average Bonchev–Trinajstić information content (AvgIpc) is 2.34. The van der Waals surface area contributed by atoms with Gasteiger partial charge in [0.25, 0.3) is 0 Å². The number of nitrogens with zero attached hydrogens (tertiary/aromatic N) is 1. The van der Waals surface area contributed by atoms with Gasteiger partial charge in [-0.05, 0) is 25.1 Å². The van der Waals surface area contributed by atoms with Gasteiger partial charge in [0.05, 0.1) is 6.54 Å². The summed E-state index contributed by atoms with van der Waals surface area (Å²) in [5, 5.41) is 3.18. The van der Waals surface area contributed by atoms with E-state index in [4.69, 9.17) is 22.1 Å². The lowest BCUT2D eigenvalue weighted by atomic mass is 10.3. The van der Waals surface area contributed by atoms with Crippen LogP contribution in [0.3, 0.4) is 0 Å². The molecule has 1 aromatic heterocycles. The number of carbonyl (C=O) groups is 1. The smallest absolute Gasteiger partial charge is 0.232 e. The van der Waals surface area contributed by atoms with Crippen molar-refractivity contribution in [3.63, 3.8) is 0 Å². The Kier molecular flexibility index (Phi) is 13.3. The molecule has 0 aliphatic carbocycles. The van der Waals surface area contributed by atoms with Gasteiger partial charge in [-0.2, -0.15) is 0 Å². The number of pyridine rings is 1. The van der Waals surface area contributed by atoms with Crippen LogP contribution in [0.25, 0.3) is 0 Å². The molecule has 110 valence electrons. The third-order valence-corrected chi connectivity index (χ3v) is 2.28. The van der Waals surface area contributed by atoms with Crippen LogP contribution in [-0.2, 0) is 4.79 Å². The van der Waals surface area contributed by atoms with E-state index in [0.29, 0.717) is 43.4 Å². The molecule has 5 nitrogen and oxygen atoms in total. The highest BCUT2D eigenvalue weighted by Gasteiger charge is 2.02. The molecular formula is C11H18Cl3N3O2. The van der Waals surface area contributed by atoms with Crippen LogP contribution in [0.15, 0.2) is 18.3 Å². The van der Waals surface area contributed by atoms with Crippen LogP contribution in [0, 0.1) is 0 Å². The fourth-order valence-corrected chi connectivity index (χ4v) is 1.34. The van der Waals surface area contributed by atoms with E-state index in [2.05, 4.69) is 10.3 Å². The van der Waals surface area contributed by atoms with Gasteiger partial charge in [0.15, 0.2) is 0 Å². The molecule has 3 N–H and O–H groups in total. The number of nitrogens with two attached hydrogens (primary N) is 1. The third kappa shape index (κ3) is 8.88. The van der Waals surface area contributed by atoms with Crippen molar-refractivity contribution in [3.8, 4) is 5.88 Å². The first kappa shape index (κ1) is 20.6. The quantitative estimate of drug-likeness (QED) is 0.748. The number of hydrogen-bond acceptors (Lipinski definition) is 4. The van der Waals surface area contributed by atoms with Crippen molar-refractivity contribution in [1.82, 2.24) is 10.3 Å². The Bertz CT molecular complexity index is 367. The first-order valence-corrected chi connectivity index (χ1v) is 5.82. The number of ether oxygens (including phenoxy) is 1. The van der Waals surface area contributed by atoms with Crippen LogP contribution in [0.2, 0.25) is 5.02 Å². The Labute approximate surface area is 130 Å². The van der Waals surface area contributed by atoms with Crippen molar-refractivity contribution in [1.29, 1.82) is 0 Å². The van der Waals surface area contributed by atoms with Crippen molar-refractivity contribution in [2.45, 2.75) is 12.8 Å². The molecule has 0 atom stereocenters. The predicted octanol–water partition coefficient (Wildman–Crippen LogP) is 1.81. The van der Waals surface area contributed by atoms with Crippen molar-refractivity contribution in [2.24, 2.45) is 5.73 Å². The Hall–Kier alpha value is -0.750. The SMILES string of the molecule is Cl.Cl.NCCCC(=O)NCCOc1ncccc1Cl. The van der Waals surface area contributed by atoms with E-state index in [1.807, 2.05) is 0 Å². The van der Waals surface area contributed by atoms with Gasteiger partial charge >= 0.3 is 0 Å². The molecule has 0 radical (unpaired) electrons. The molecule has 0 unspecified atom stereocenters. The third-order valence-electron chi connectivity index (χ3n) is 2.00. The first-order valence-electron chi connectivity index (χ1n) is 5.44. The van der Waals surface area contributed by atoms with Gasteiger partial charge in [0.1, 0.15) is 11.6 Å². The fourth-order valence-electron chi connectivity index (χ4n) is 1.17. The Morgan fingerprint density at radius 3 is 2.84 bits per heavy atom. The molecule has 19 heavy (non-hydrogen) atoms. The van der Waals surface area contributed by atoms with Crippen LogP contribution >= 0.6 is 36.4 Å². The largest absolute Gasteiger partial charge is 0.475 e. The summed E-state index contributed by atoms with van der Waals surface area (Å²) in [4.78, 5) is 15.2. The molecule has 1 rings (SSSR count). The van der Waals surface area contributed by atoms with E-state index < -0.39 is 0 Å². The molecule has 0 aliphatic rings. The molecule has 0 aliphatic heterocycles. The van der Waals surface area contributed by atoms with E-state index in [9.17, 15) is 4.79 Å². The van der Waals surface area contributed by atoms with Crippen LogP contribution in [0.4, 0.5) is 0 Å². The summed E-state index contributed by atoms with van der Waals surface area (Å²) < 4.78 is 5.31. The monoisotopic (exact) mass is 329 g/mol. The molecule has 0 bridgehead atoms. The molecule has 0 saturated carbocycles. The zero-order valence-corrected chi connectivity index (χ0v) is 12.7. The maximum atomic E-state index is 11.2. The van der Waals surface area contributed by atoms with E-state index >= 15 is 0 Å². The second-order valence-electron chi connectivity index (χ2n) is 3.38. The van der Waals surface area contributed by atoms with Crippen LogP contribution in [-0.4, -0.2) is 30.6 Å². The van der Waals surface area contributed by atoms with Crippen LogP contribution in [0.1, 0.15) is 12.8 Å². The molecular weight excluding hydrogens is 312 g/mol. The van der Waals surface area contributed by atoms with Crippen LogP contribution < -0.4 is 15.8 Å². The highest BCUT2D eigenvalue weighted by molar-refractivity contribution is 6.31. The minimum absolute atomic E-state index is 0. The highest BCUT2D eigenvalue weighted by atomic mass is 35.5. The highest BCUT2D eigenvalue weighted by Crippen LogP contribution is 2.19. The van der Waals surface area contributed by atoms with E-state index in [1.165, 1.54) is 0 Å². The van der Waals surface area contributed by atoms with Gasteiger partial charge < -0.3 is 15.8 Å². The number of nitrogens with one attached hydrogen (secondary N) is 1. The van der Waals surface area contributed by atoms with Gasteiger partial charge in [-0.3, -0.25) is 4.79 Å². The second-order valence-corrected chi connectivity index (χ2v) is 3.79. The van der Waals surface area contributed by atoms with Gasteiger partial charge in [-0.25, -0.2) is 4.98 Å². The van der Waals surface area contributed by atoms with Crippen molar-refractivity contribution < 1.29 is 9.53 Å². The van der Waals surface area contributed by atoms with E-state index in [1.54, 1.807) is 18.3 Å². The van der Waals surface area contributed by atoms with Crippen LogP contribution in [0.5, 0.6) is 5.88 Å². The molecule has 1 aromatic rings. The average molecular weight is 331 g/mol. The van der Waals surface area contributed by atoms with Gasteiger partial charge in [0.2, 0.25) is 11.8 Å². The lowest BCUT2D eigenvalue weighted by Crippen LogP contribution is -2.28. The zero-order valence-electron chi connectivity index (χ0n) is 10.3. The number of rotatable bonds is 7. The lowest BCUT2D eigenvalue weighted by Gasteiger charge is -2.07. The molecule has 0 fully saturated rings. The summed E-state index contributed by atoms with van der Waals surface area (Å²) in [7, 11) is 0. The maximum absolute atomic E-state index is 11.2.